The zero-order valence-electron chi connectivity index (χ0n) is 17.4. The van der Waals surface area contributed by atoms with Gasteiger partial charge in [0.1, 0.15) is 11.6 Å². The first-order valence-electron chi connectivity index (χ1n) is 10.1. The van der Waals surface area contributed by atoms with Gasteiger partial charge in [-0.15, -0.1) is 0 Å². The predicted octanol–water partition coefficient (Wildman–Crippen LogP) is 5.44. The molecule has 0 saturated heterocycles. The second kappa shape index (κ2) is 8.92. The SMILES string of the molecule is CC(C)Nc1nccc(N(Cc2ccc(F)cc2)C(=O)c2ccc3ccccc3c2)n1. The van der Waals surface area contributed by atoms with E-state index in [1.165, 1.54) is 12.1 Å². The van der Waals surface area contributed by atoms with Crippen LogP contribution in [-0.4, -0.2) is 21.9 Å². The van der Waals surface area contributed by atoms with Gasteiger partial charge in [0.25, 0.3) is 5.91 Å². The Labute approximate surface area is 180 Å². The van der Waals surface area contributed by atoms with E-state index >= 15 is 0 Å². The fourth-order valence-electron chi connectivity index (χ4n) is 3.33. The first-order chi connectivity index (χ1) is 15.0. The molecule has 6 heteroatoms. The largest absolute Gasteiger partial charge is 0.352 e. The summed E-state index contributed by atoms with van der Waals surface area (Å²) in [5, 5.41) is 5.21. The van der Waals surface area contributed by atoms with Gasteiger partial charge < -0.3 is 5.32 Å². The Balaban J connectivity index is 1.73. The third-order valence-corrected chi connectivity index (χ3v) is 4.83. The average Bonchev–Trinajstić information content (AvgIpc) is 2.77. The minimum atomic E-state index is -0.318. The molecule has 0 fully saturated rings. The molecule has 1 heterocycles. The number of anilines is 2. The Hall–Kier alpha value is -3.80. The van der Waals surface area contributed by atoms with Crippen molar-refractivity contribution in [3.8, 4) is 0 Å². The monoisotopic (exact) mass is 414 g/mol. The summed E-state index contributed by atoms with van der Waals surface area (Å²) in [6.07, 6.45) is 1.62. The number of carbonyl (C=O) groups is 1. The Morgan fingerprint density at radius 3 is 2.48 bits per heavy atom. The molecule has 1 amide bonds. The Morgan fingerprint density at radius 2 is 1.74 bits per heavy atom. The van der Waals surface area contributed by atoms with Crippen molar-refractivity contribution in [2.75, 3.05) is 10.2 Å². The van der Waals surface area contributed by atoms with Crippen molar-refractivity contribution in [1.82, 2.24) is 9.97 Å². The first-order valence-corrected chi connectivity index (χ1v) is 10.1. The summed E-state index contributed by atoms with van der Waals surface area (Å²) in [4.78, 5) is 23.9. The van der Waals surface area contributed by atoms with Crippen LogP contribution in [0.4, 0.5) is 16.2 Å². The fraction of sp³-hybridized carbons (Fsp3) is 0.160. The van der Waals surface area contributed by atoms with Crippen LogP contribution < -0.4 is 10.2 Å². The van der Waals surface area contributed by atoms with Crippen LogP contribution in [-0.2, 0) is 6.54 Å². The third-order valence-electron chi connectivity index (χ3n) is 4.83. The topological polar surface area (TPSA) is 58.1 Å². The minimum absolute atomic E-state index is 0.150. The zero-order valence-corrected chi connectivity index (χ0v) is 17.4. The van der Waals surface area contributed by atoms with Crippen molar-refractivity contribution < 1.29 is 9.18 Å². The Bertz CT molecular complexity index is 1210. The van der Waals surface area contributed by atoms with E-state index in [0.29, 0.717) is 17.3 Å². The van der Waals surface area contributed by atoms with Crippen LogP contribution in [0.5, 0.6) is 0 Å². The molecule has 0 bridgehead atoms. The smallest absolute Gasteiger partial charge is 0.259 e. The summed E-state index contributed by atoms with van der Waals surface area (Å²) in [6, 6.07) is 21.5. The van der Waals surface area contributed by atoms with Gasteiger partial charge in [0.15, 0.2) is 0 Å². The lowest BCUT2D eigenvalue weighted by atomic mass is 10.1. The van der Waals surface area contributed by atoms with Crippen molar-refractivity contribution in [3.05, 3.63) is 95.9 Å². The number of halogens is 1. The van der Waals surface area contributed by atoms with E-state index in [-0.39, 0.29) is 24.3 Å². The van der Waals surface area contributed by atoms with Gasteiger partial charge >= 0.3 is 0 Å². The molecule has 156 valence electrons. The summed E-state index contributed by atoms with van der Waals surface area (Å²) in [5.41, 5.74) is 1.35. The maximum Gasteiger partial charge on any atom is 0.259 e. The number of fused-ring (bicyclic) bond motifs is 1. The van der Waals surface area contributed by atoms with E-state index in [1.807, 2.05) is 56.3 Å². The van der Waals surface area contributed by atoms with E-state index < -0.39 is 0 Å². The van der Waals surface area contributed by atoms with Gasteiger partial charge in [0, 0.05) is 17.8 Å². The van der Waals surface area contributed by atoms with Crippen molar-refractivity contribution in [2.24, 2.45) is 0 Å². The van der Waals surface area contributed by atoms with Crippen LogP contribution in [0.15, 0.2) is 79.0 Å². The second-order valence-corrected chi connectivity index (χ2v) is 7.62. The van der Waals surface area contributed by atoms with Crippen LogP contribution in [0.25, 0.3) is 10.8 Å². The summed E-state index contributed by atoms with van der Waals surface area (Å²) in [7, 11) is 0. The highest BCUT2D eigenvalue weighted by molar-refractivity contribution is 6.07. The highest BCUT2D eigenvalue weighted by atomic mass is 19.1. The zero-order chi connectivity index (χ0) is 21.8. The van der Waals surface area contributed by atoms with Crippen LogP contribution in [0.2, 0.25) is 0 Å². The quantitative estimate of drug-likeness (QED) is 0.457. The molecular formula is C25H23FN4O. The number of benzene rings is 3. The lowest BCUT2D eigenvalue weighted by molar-refractivity contribution is 0.0984. The van der Waals surface area contributed by atoms with Crippen LogP contribution >= 0.6 is 0 Å². The molecular weight excluding hydrogens is 391 g/mol. The molecule has 0 aliphatic rings. The molecule has 31 heavy (non-hydrogen) atoms. The average molecular weight is 414 g/mol. The molecule has 0 atom stereocenters. The Morgan fingerprint density at radius 1 is 1.00 bits per heavy atom. The van der Waals surface area contributed by atoms with Crippen LogP contribution in [0.3, 0.4) is 0 Å². The molecule has 5 nitrogen and oxygen atoms in total. The lowest BCUT2D eigenvalue weighted by Gasteiger charge is -2.23. The maximum atomic E-state index is 13.6. The molecule has 4 aromatic rings. The van der Waals surface area contributed by atoms with Gasteiger partial charge in [-0.05, 0) is 60.5 Å². The van der Waals surface area contributed by atoms with E-state index in [2.05, 4.69) is 15.3 Å². The third kappa shape index (κ3) is 4.86. The Kier molecular flexibility index (Phi) is 5.89. The molecule has 0 radical (unpaired) electrons. The van der Waals surface area contributed by atoms with Crippen LogP contribution in [0, 0.1) is 5.82 Å². The van der Waals surface area contributed by atoms with Gasteiger partial charge in [-0.25, -0.2) is 9.37 Å². The summed E-state index contributed by atoms with van der Waals surface area (Å²) in [6.45, 7) is 4.24. The van der Waals surface area contributed by atoms with E-state index in [1.54, 1.807) is 29.3 Å². The van der Waals surface area contributed by atoms with Gasteiger partial charge in [0.2, 0.25) is 5.95 Å². The number of aromatic nitrogens is 2. The van der Waals surface area contributed by atoms with Crippen molar-refractivity contribution in [1.29, 1.82) is 0 Å². The highest BCUT2D eigenvalue weighted by Gasteiger charge is 2.20. The standard InChI is InChI=1S/C25H23FN4O/c1-17(2)28-25-27-14-13-23(29-25)30(16-18-7-11-22(26)12-8-18)24(31)21-10-9-19-5-3-4-6-20(19)15-21/h3-15,17H,16H2,1-2H3,(H,27,28,29). The first kappa shape index (κ1) is 20.5. The fourth-order valence-corrected chi connectivity index (χ4v) is 3.33. The number of nitrogens with one attached hydrogen (secondary N) is 1. The van der Waals surface area contributed by atoms with Crippen molar-refractivity contribution in [3.63, 3.8) is 0 Å². The van der Waals surface area contributed by atoms with Crippen molar-refractivity contribution in [2.45, 2.75) is 26.4 Å². The number of rotatable bonds is 6. The van der Waals surface area contributed by atoms with E-state index in [0.717, 1.165) is 16.3 Å². The van der Waals surface area contributed by atoms with Gasteiger partial charge in [0.05, 0.1) is 6.54 Å². The molecule has 1 aromatic heterocycles. The lowest BCUT2D eigenvalue weighted by Crippen LogP contribution is -2.31. The normalized spacial score (nSPS) is 11.0. The molecule has 0 spiro atoms. The van der Waals surface area contributed by atoms with E-state index in [9.17, 15) is 9.18 Å². The number of amides is 1. The van der Waals surface area contributed by atoms with Gasteiger partial charge in [-0.3, -0.25) is 9.69 Å². The van der Waals surface area contributed by atoms with E-state index in [4.69, 9.17) is 0 Å². The molecule has 0 unspecified atom stereocenters. The number of carbonyl (C=O) groups excluding carboxylic acids is 1. The molecule has 0 aliphatic carbocycles. The summed E-state index contributed by atoms with van der Waals surface area (Å²) < 4.78 is 13.4. The summed E-state index contributed by atoms with van der Waals surface area (Å²) in [5.74, 6) is 0.412. The number of hydrogen-bond acceptors (Lipinski definition) is 4. The molecule has 0 saturated carbocycles. The summed E-state index contributed by atoms with van der Waals surface area (Å²) >= 11 is 0. The number of hydrogen-bond donors (Lipinski definition) is 1. The van der Waals surface area contributed by atoms with Crippen molar-refractivity contribution >= 4 is 28.4 Å². The van der Waals surface area contributed by atoms with Crippen LogP contribution in [0.1, 0.15) is 29.8 Å². The van der Waals surface area contributed by atoms with Gasteiger partial charge in [-0.1, -0.05) is 42.5 Å². The predicted molar refractivity (Wildman–Crippen MR) is 122 cm³/mol. The molecule has 3 aromatic carbocycles. The molecule has 4 rings (SSSR count). The number of nitrogens with zero attached hydrogens (tertiary/aromatic N) is 3. The second-order valence-electron chi connectivity index (χ2n) is 7.62. The highest BCUT2D eigenvalue weighted by Crippen LogP contribution is 2.22. The van der Waals surface area contributed by atoms with Gasteiger partial charge in [-0.2, -0.15) is 4.98 Å². The molecule has 1 N–H and O–H groups in total. The maximum absolute atomic E-state index is 13.6. The molecule has 0 aliphatic heterocycles. The minimum Gasteiger partial charge on any atom is -0.352 e.